The van der Waals surface area contributed by atoms with Crippen LogP contribution in [0.3, 0.4) is 0 Å². The summed E-state index contributed by atoms with van der Waals surface area (Å²) in [6, 6.07) is -0.559. The van der Waals surface area contributed by atoms with Crippen molar-refractivity contribution in [2.24, 2.45) is 0 Å². The Balaban J connectivity index is 3.45. The molecule has 0 radical (unpaired) electrons. The Morgan fingerprint density at radius 3 is 1.27 bits per heavy atom. The zero-order chi connectivity index (χ0) is 40.8. The maximum atomic E-state index is 12.4. The van der Waals surface area contributed by atoms with E-state index in [0.29, 0.717) is 25.9 Å². The molecule has 0 fully saturated rings. The summed E-state index contributed by atoms with van der Waals surface area (Å²) in [6.45, 7) is 4.86. The summed E-state index contributed by atoms with van der Waals surface area (Å²) in [6.07, 6.45) is 51.9. The molecule has 1 amide bonds. The average molecular weight is 792 g/mol. The van der Waals surface area contributed by atoms with Crippen molar-refractivity contribution in [3.63, 3.8) is 0 Å². The zero-order valence-corrected chi connectivity index (χ0v) is 37.6. The number of hydrogen-bond donors (Lipinski definition) is 3. The molecule has 0 aromatic rings. The van der Waals surface area contributed by atoms with Crippen LogP contribution in [0.1, 0.15) is 271 Å². The lowest BCUT2D eigenvalue weighted by Crippen LogP contribution is -2.45. The third kappa shape index (κ3) is 42.2. The molecule has 2 atom stereocenters. The van der Waals surface area contributed by atoms with Crippen LogP contribution >= 0.6 is 0 Å². The fourth-order valence-electron chi connectivity index (χ4n) is 7.69. The Labute approximate surface area is 349 Å². The largest absolute Gasteiger partial charge is 0.466 e. The van der Waals surface area contributed by atoms with Crippen molar-refractivity contribution < 1.29 is 24.5 Å². The van der Waals surface area contributed by atoms with E-state index in [-0.39, 0.29) is 18.5 Å². The Hall–Kier alpha value is -1.40. The minimum absolute atomic E-state index is 0.0270. The number of amides is 1. The van der Waals surface area contributed by atoms with Gasteiger partial charge in [0.1, 0.15) is 0 Å². The average Bonchev–Trinajstić information content (AvgIpc) is 3.20. The summed E-state index contributed by atoms with van der Waals surface area (Å²) >= 11 is 0. The fraction of sp³-hybridized carbons (Fsp3) is 0.920. The first kappa shape index (κ1) is 54.6. The van der Waals surface area contributed by atoms with Crippen molar-refractivity contribution in [3.8, 4) is 0 Å². The molecule has 0 aromatic heterocycles. The van der Waals surface area contributed by atoms with E-state index in [0.717, 1.165) is 83.5 Å². The second kappa shape index (κ2) is 46.3. The number of ether oxygens (including phenoxy) is 1. The predicted molar refractivity (Wildman–Crippen MR) is 241 cm³/mol. The number of rotatable bonds is 46. The number of hydrogen-bond acceptors (Lipinski definition) is 5. The molecule has 6 heteroatoms. The number of unbranched alkanes of at least 4 members (excludes halogenated alkanes) is 33. The number of esters is 1. The minimum atomic E-state index is -0.679. The third-order valence-corrected chi connectivity index (χ3v) is 11.6. The molecule has 332 valence electrons. The molecule has 0 saturated heterocycles. The number of aliphatic hydroxyl groups is 2. The highest BCUT2D eigenvalue weighted by Gasteiger charge is 2.20. The van der Waals surface area contributed by atoms with Crippen LogP contribution in [0.5, 0.6) is 0 Å². The Bertz CT molecular complexity index is 832. The molecular weight excluding hydrogens is 695 g/mol. The molecule has 0 saturated carbocycles. The maximum absolute atomic E-state index is 12.4. The molecular formula is C50H97NO5. The maximum Gasteiger partial charge on any atom is 0.305 e. The molecule has 0 aliphatic heterocycles. The summed E-state index contributed by atoms with van der Waals surface area (Å²) < 4.78 is 5.45. The quantitative estimate of drug-likeness (QED) is 0.0324. The lowest BCUT2D eigenvalue weighted by atomic mass is 10.0. The molecule has 0 spiro atoms. The van der Waals surface area contributed by atoms with Crippen molar-refractivity contribution in [2.45, 2.75) is 283 Å². The number of carbonyl (C=O) groups excluding carboxylic acids is 2. The molecule has 56 heavy (non-hydrogen) atoms. The van der Waals surface area contributed by atoms with Gasteiger partial charge in [-0.05, 0) is 51.4 Å². The number of carbonyl (C=O) groups is 2. The lowest BCUT2D eigenvalue weighted by Gasteiger charge is -2.22. The van der Waals surface area contributed by atoms with E-state index in [9.17, 15) is 19.8 Å². The molecule has 0 bridgehead atoms. The van der Waals surface area contributed by atoms with Crippen molar-refractivity contribution >= 4 is 11.9 Å². The van der Waals surface area contributed by atoms with Gasteiger partial charge in [0.05, 0.1) is 25.4 Å². The van der Waals surface area contributed by atoms with Gasteiger partial charge < -0.3 is 20.3 Å². The van der Waals surface area contributed by atoms with E-state index in [1.165, 1.54) is 154 Å². The van der Waals surface area contributed by atoms with Crippen LogP contribution in [0.15, 0.2) is 12.2 Å². The van der Waals surface area contributed by atoms with Crippen LogP contribution in [0.2, 0.25) is 0 Å². The van der Waals surface area contributed by atoms with E-state index in [1.807, 2.05) is 0 Å². The molecule has 6 nitrogen and oxygen atoms in total. The van der Waals surface area contributed by atoms with E-state index in [1.54, 1.807) is 0 Å². The Morgan fingerprint density at radius 1 is 0.482 bits per heavy atom. The molecule has 3 N–H and O–H groups in total. The van der Waals surface area contributed by atoms with Gasteiger partial charge in [-0.2, -0.15) is 0 Å². The lowest BCUT2D eigenvalue weighted by molar-refractivity contribution is -0.143. The predicted octanol–water partition coefficient (Wildman–Crippen LogP) is 14.6. The van der Waals surface area contributed by atoms with Gasteiger partial charge in [0, 0.05) is 12.8 Å². The second-order valence-corrected chi connectivity index (χ2v) is 17.1. The van der Waals surface area contributed by atoms with Gasteiger partial charge in [0.25, 0.3) is 0 Å². The van der Waals surface area contributed by atoms with Gasteiger partial charge in [0.2, 0.25) is 5.91 Å². The number of allylic oxidation sites excluding steroid dienone is 2. The molecule has 2 unspecified atom stereocenters. The van der Waals surface area contributed by atoms with Crippen LogP contribution in [0.4, 0.5) is 0 Å². The van der Waals surface area contributed by atoms with E-state index in [4.69, 9.17) is 4.74 Å². The van der Waals surface area contributed by atoms with Gasteiger partial charge in [0.15, 0.2) is 0 Å². The van der Waals surface area contributed by atoms with Gasteiger partial charge in [-0.15, -0.1) is 0 Å². The highest BCUT2D eigenvalue weighted by molar-refractivity contribution is 5.76. The zero-order valence-electron chi connectivity index (χ0n) is 37.6. The fourth-order valence-corrected chi connectivity index (χ4v) is 7.69. The first-order valence-electron chi connectivity index (χ1n) is 24.9. The normalized spacial score (nSPS) is 12.7. The van der Waals surface area contributed by atoms with Crippen LogP contribution in [-0.2, 0) is 14.3 Å². The second-order valence-electron chi connectivity index (χ2n) is 17.1. The number of aliphatic hydroxyl groups excluding tert-OH is 2. The molecule has 0 rings (SSSR count). The number of nitrogens with one attached hydrogen (secondary N) is 1. The van der Waals surface area contributed by atoms with Crippen molar-refractivity contribution in [1.82, 2.24) is 5.32 Å². The summed E-state index contributed by atoms with van der Waals surface area (Å²) in [4.78, 5) is 24.4. The Morgan fingerprint density at radius 2 is 0.839 bits per heavy atom. The van der Waals surface area contributed by atoms with Crippen LogP contribution < -0.4 is 5.32 Å². The van der Waals surface area contributed by atoms with Crippen LogP contribution in [0, 0.1) is 0 Å². The molecule has 0 aliphatic carbocycles. The van der Waals surface area contributed by atoms with Crippen molar-refractivity contribution in [2.75, 3.05) is 13.2 Å². The van der Waals surface area contributed by atoms with Gasteiger partial charge >= 0.3 is 5.97 Å². The van der Waals surface area contributed by atoms with Gasteiger partial charge in [-0.3, -0.25) is 9.59 Å². The SMILES string of the molecule is CCCCCCCCCCCCCCCCCCCCCC(=O)OCCCC/C=C\CCCCCCCC(=O)NC(CO)C(O)CCCCCCCCCCC. The first-order chi connectivity index (χ1) is 27.5. The van der Waals surface area contributed by atoms with E-state index >= 15 is 0 Å². The van der Waals surface area contributed by atoms with Gasteiger partial charge in [-0.1, -0.05) is 219 Å². The van der Waals surface area contributed by atoms with Crippen molar-refractivity contribution in [3.05, 3.63) is 12.2 Å². The third-order valence-electron chi connectivity index (χ3n) is 11.6. The summed E-state index contributed by atoms with van der Waals surface area (Å²) in [7, 11) is 0. The van der Waals surface area contributed by atoms with E-state index in [2.05, 4.69) is 31.3 Å². The van der Waals surface area contributed by atoms with Crippen molar-refractivity contribution in [1.29, 1.82) is 0 Å². The van der Waals surface area contributed by atoms with E-state index < -0.39 is 12.1 Å². The summed E-state index contributed by atoms with van der Waals surface area (Å²) in [5, 5.41) is 23.0. The minimum Gasteiger partial charge on any atom is -0.466 e. The summed E-state index contributed by atoms with van der Waals surface area (Å²) in [5.41, 5.74) is 0. The molecule has 0 aromatic carbocycles. The smallest absolute Gasteiger partial charge is 0.305 e. The standard InChI is InChI=1S/C50H97NO5/c1-3-5-7-9-11-13-14-15-16-17-18-19-20-21-24-28-32-36-40-44-50(55)56-45-41-37-33-29-25-22-23-27-31-35-39-43-49(54)51-47(46-52)48(53)42-38-34-30-26-12-10-8-6-4-2/h25,29,47-48,52-53H,3-24,26-28,30-46H2,1-2H3,(H,51,54)/b29-25-. The summed E-state index contributed by atoms with van der Waals surface area (Å²) in [5.74, 6) is -0.0929. The highest BCUT2D eigenvalue weighted by atomic mass is 16.5. The molecule has 0 aliphatic rings. The monoisotopic (exact) mass is 792 g/mol. The highest BCUT2D eigenvalue weighted by Crippen LogP contribution is 2.16. The first-order valence-corrected chi connectivity index (χ1v) is 24.9. The molecule has 0 heterocycles. The van der Waals surface area contributed by atoms with Crippen LogP contribution in [-0.4, -0.2) is 47.4 Å². The van der Waals surface area contributed by atoms with Crippen LogP contribution in [0.25, 0.3) is 0 Å². The topological polar surface area (TPSA) is 95.9 Å². The Kier molecular flexibility index (Phi) is 45.1. The van der Waals surface area contributed by atoms with Gasteiger partial charge in [-0.25, -0.2) is 0 Å².